The molecule has 2 aromatic rings. The first-order chi connectivity index (χ1) is 9.02. The molecule has 1 amide bonds. The lowest BCUT2D eigenvalue weighted by Gasteiger charge is -2.08. The van der Waals surface area contributed by atoms with E-state index in [0.717, 1.165) is 10.1 Å². The Hall–Kier alpha value is -0.810. The van der Waals surface area contributed by atoms with E-state index in [4.69, 9.17) is 23.2 Å². The SMILES string of the molecule is CCC(O)CNC(=O)c1sc2cc(Cl)ccc2c1Cl. The highest BCUT2D eigenvalue weighted by atomic mass is 35.5. The van der Waals surface area contributed by atoms with Gasteiger partial charge in [-0.25, -0.2) is 0 Å². The number of carbonyl (C=O) groups excluding carboxylic acids is 1. The lowest BCUT2D eigenvalue weighted by atomic mass is 10.2. The molecule has 6 heteroatoms. The number of amides is 1. The maximum atomic E-state index is 12.0. The maximum Gasteiger partial charge on any atom is 0.263 e. The molecular weight excluding hydrogens is 305 g/mol. The number of rotatable bonds is 4. The van der Waals surface area contributed by atoms with Crippen LogP contribution in [-0.4, -0.2) is 23.7 Å². The van der Waals surface area contributed by atoms with Crippen LogP contribution in [0.3, 0.4) is 0 Å². The monoisotopic (exact) mass is 317 g/mol. The summed E-state index contributed by atoms with van der Waals surface area (Å²) in [6.45, 7) is 2.08. The van der Waals surface area contributed by atoms with E-state index in [2.05, 4.69) is 5.32 Å². The first kappa shape index (κ1) is 14.6. The quantitative estimate of drug-likeness (QED) is 0.903. The Morgan fingerprint density at radius 1 is 1.47 bits per heavy atom. The van der Waals surface area contributed by atoms with Gasteiger partial charge in [-0.1, -0.05) is 36.2 Å². The number of aliphatic hydroxyl groups excluding tert-OH is 1. The smallest absolute Gasteiger partial charge is 0.263 e. The van der Waals surface area contributed by atoms with Crippen molar-refractivity contribution in [2.24, 2.45) is 0 Å². The van der Waals surface area contributed by atoms with Crippen LogP contribution in [0.4, 0.5) is 0 Å². The summed E-state index contributed by atoms with van der Waals surface area (Å²) in [4.78, 5) is 12.5. The van der Waals surface area contributed by atoms with Gasteiger partial charge in [-0.15, -0.1) is 11.3 Å². The maximum absolute atomic E-state index is 12.0. The molecule has 19 heavy (non-hydrogen) atoms. The van der Waals surface area contributed by atoms with Crippen LogP contribution in [0.1, 0.15) is 23.0 Å². The van der Waals surface area contributed by atoms with Crippen LogP contribution in [0, 0.1) is 0 Å². The van der Waals surface area contributed by atoms with Crippen molar-refractivity contribution in [3.05, 3.63) is 33.1 Å². The third kappa shape index (κ3) is 3.20. The molecule has 0 saturated heterocycles. The Morgan fingerprint density at radius 2 is 2.21 bits per heavy atom. The van der Waals surface area contributed by atoms with Crippen LogP contribution in [0.2, 0.25) is 10.0 Å². The molecular formula is C13H13Cl2NO2S. The molecule has 0 aliphatic heterocycles. The van der Waals surface area contributed by atoms with Crippen LogP contribution < -0.4 is 5.32 Å². The van der Waals surface area contributed by atoms with Gasteiger partial charge in [-0.3, -0.25) is 4.79 Å². The topological polar surface area (TPSA) is 49.3 Å². The molecule has 0 fully saturated rings. The van der Waals surface area contributed by atoms with E-state index in [1.54, 1.807) is 18.2 Å². The van der Waals surface area contributed by atoms with Gasteiger partial charge in [-0.05, 0) is 18.6 Å². The number of halogens is 2. The predicted octanol–water partition coefficient (Wildman–Crippen LogP) is 3.71. The molecule has 102 valence electrons. The van der Waals surface area contributed by atoms with Crippen LogP contribution in [0.5, 0.6) is 0 Å². The summed E-state index contributed by atoms with van der Waals surface area (Å²) in [5.74, 6) is -0.269. The second-order valence-corrected chi connectivity index (χ2v) is 6.02. The summed E-state index contributed by atoms with van der Waals surface area (Å²) in [6, 6.07) is 5.32. The van der Waals surface area contributed by atoms with Gasteiger partial charge in [0.2, 0.25) is 0 Å². The van der Waals surface area contributed by atoms with Gasteiger partial charge in [0.05, 0.1) is 11.1 Å². The third-order valence-electron chi connectivity index (χ3n) is 2.77. The van der Waals surface area contributed by atoms with E-state index in [0.29, 0.717) is 21.3 Å². The molecule has 2 rings (SSSR count). The van der Waals surface area contributed by atoms with Crippen molar-refractivity contribution in [2.45, 2.75) is 19.4 Å². The zero-order valence-corrected chi connectivity index (χ0v) is 12.6. The van der Waals surface area contributed by atoms with Crippen LogP contribution >= 0.6 is 34.5 Å². The molecule has 0 radical (unpaired) electrons. The summed E-state index contributed by atoms with van der Waals surface area (Å²) in [5.41, 5.74) is 0. The number of hydrogen-bond acceptors (Lipinski definition) is 3. The van der Waals surface area contributed by atoms with E-state index in [-0.39, 0.29) is 12.5 Å². The fourth-order valence-electron chi connectivity index (χ4n) is 1.62. The average Bonchev–Trinajstić information content (AvgIpc) is 2.72. The highest BCUT2D eigenvalue weighted by Crippen LogP contribution is 2.36. The highest BCUT2D eigenvalue weighted by Gasteiger charge is 2.17. The molecule has 1 aromatic heterocycles. The molecule has 1 aromatic carbocycles. The molecule has 1 atom stereocenters. The minimum atomic E-state index is -0.536. The Morgan fingerprint density at radius 3 is 2.89 bits per heavy atom. The van der Waals surface area contributed by atoms with E-state index in [1.807, 2.05) is 6.92 Å². The fourth-order valence-corrected chi connectivity index (χ4v) is 3.33. The molecule has 0 aliphatic carbocycles. The van der Waals surface area contributed by atoms with E-state index >= 15 is 0 Å². The van der Waals surface area contributed by atoms with Gasteiger partial charge in [0.1, 0.15) is 4.88 Å². The average molecular weight is 318 g/mol. The fraction of sp³-hybridized carbons (Fsp3) is 0.308. The van der Waals surface area contributed by atoms with Crippen molar-refractivity contribution in [3.63, 3.8) is 0 Å². The van der Waals surface area contributed by atoms with Gasteiger partial charge in [-0.2, -0.15) is 0 Å². The van der Waals surface area contributed by atoms with E-state index in [1.165, 1.54) is 11.3 Å². The molecule has 1 unspecified atom stereocenters. The van der Waals surface area contributed by atoms with E-state index < -0.39 is 6.10 Å². The zero-order chi connectivity index (χ0) is 14.0. The molecule has 2 N–H and O–H groups in total. The number of aliphatic hydroxyl groups is 1. The van der Waals surface area contributed by atoms with Gasteiger partial charge in [0.15, 0.2) is 0 Å². The minimum Gasteiger partial charge on any atom is -0.391 e. The molecule has 0 bridgehead atoms. The minimum absolute atomic E-state index is 0.223. The standard InChI is InChI=1S/C13H13Cl2NO2S/c1-2-8(17)6-16-13(18)12-11(15)9-4-3-7(14)5-10(9)19-12/h3-5,8,17H,2,6H2,1H3,(H,16,18). The Bertz CT molecular complexity index is 612. The van der Waals surface area contributed by atoms with Crippen molar-refractivity contribution in [1.82, 2.24) is 5.32 Å². The van der Waals surface area contributed by atoms with Gasteiger partial charge < -0.3 is 10.4 Å². The Balaban J connectivity index is 2.25. The van der Waals surface area contributed by atoms with Crippen molar-refractivity contribution < 1.29 is 9.90 Å². The molecule has 0 saturated carbocycles. The second kappa shape index (κ2) is 6.09. The molecule has 1 heterocycles. The Kier molecular flexibility index (Phi) is 4.68. The summed E-state index contributed by atoms with van der Waals surface area (Å²) >= 11 is 13.4. The van der Waals surface area contributed by atoms with E-state index in [9.17, 15) is 9.90 Å². The lowest BCUT2D eigenvalue weighted by molar-refractivity contribution is 0.0918. The molecule has 0 aliphatic rings. The van der Waals surface area contributed by atoms with Gasteiger partial charge in [0.25, 0.3) is 5.91 Å². The summed E-state index contributed by atoms with van der Waals surface area (Å²) in [7, 11) is 0. The third-order valence-corrected chi connectivity index (χ3v) is 4.66. The largest absolute Gasteiger partial charge is 0.391 e. The first-order valence-electron chi connectivity index (χ1n) is 5.86. The van der Waals surface area contributed by atoms with Crippen LogP contribution in [0.25, 0.3) is 10.1 Å². The lowest BCUT2D eigenvalue weighted by Crippen LogP contribution is -2.31. The molecule has 3 nitrogen and oxygen atoms in total. The zero-order valence-electron chi connectivity index (χ0n) is 10.2. The number of carbonyl (C=O) groups is 1. The number of nitrogens with one attached hydrogen (secondary N) is 1. The number of hydrogen-bond donors (Lipinski definition) is 2. The van der Waals surface area contributed by atoms with Crippen molar-refractivity contribution in [2.75, 3.05) is 6.54 Å². The predicted molar refractivity (Wildman–Crippen MR) is 80.5 cm³/mol. The summed E-state index contributed by atoms with van der Waals surface area (Å²) < 4.78 is 0.874. The van der Waals surface area contributed by atoms with Crippen molar-refractivity contribution in [1.29, 1.82) is 0 Å². The molecule has 0 spiro atoms. The van der Waals surface area contributed by atoms with Crippen molar-refractivity contribution in [3.8, 4) is 0 Å². The first-order valence-corrected chi connectivity index (χ1v) is 7.44. The van der Waals surface area contributed by atoms with Gasteiger partial charge >= 0.3 is 0 Å². The number of thiophene rings is 1. The number of benzene rings is 1. The van der Waals surface area contributed by atoms with Crippen LogP contribution in [-0.2, 0) is 0 Å². The second-order valence-electron chi connectivity index (χ2n) is 4.16. The summed E-state index contributed by atoms with van der Waals surface area (Å²) in [5, 5.41) is 14.0. The van der Waals surface area contributed by atoms with Crippen molar-refractivity contribution >= 4 is 50.5 Å². The summed E-state index contributed by atoms with van der Waals surface area (Å²) in [6.07, 6.45) is 0.0577. The van der Waals surface area contributed by atoms with Crippen LogP contribution in [0.15, 0.2) is 18.2 Å². The number of fused-ring (bicyclic) bond motifs is 1. The normalized spacial score (nSPS) is 12.6. The highest BCUT2D eigenvalue weighted by molar-refractivity contribution is 7.21. The Labute approximate surface area is 125 Å². The van der Waals surface area contributed by atoms with Gasteiger partial charge in [0, 0.05) is 21.7 Å².